The molecule has 0 aromatic heterocycles. The smallest absolute Gasteiger partial charge is 0.393 e. The van der Waals surface area contributed by atoms with Crippen LogP contribution in [0.25, 0.3) is 0 Å². The number of halogens is 4. The highest BCUT2D eigenvalue weighted by atomic mass is 79.9. The minimum absolute atomic E-state index is 0.0414. The van der Waals surface area contributed by atoms with Gasteiger partial charge in [-0.2, -0.15) is 0 Å². The number of alkyl halides is 4. The molecule has 0 saturated carbocycles. The largest absolute Gasteiger partial charge is 0.470 e. The summed E-state index contributed by atoms with van der Waals surface area (Å²) in [5, 5.41) is 11.1. The van der Waals surface area contributed by atoms with Gasteiger partial charge in [-0.05, 0) is 19.8 Å². The number of aliphatic hydroxyl groups excluding tert-OH is 1. The number of aliphatic hydroxyl groups is 1. The first-order valence-corrected chi connectivity index (χ1v) is 11.9. The van der Waals surface area contributed by atoms with E-state index in [0.29, 0.717) is 23.5 Å². The van der Waals surface area contributed by atoms with Crippen LogP contribution in [-0.4, -0.2) is 46.9 Å². The lowest BCUT2D eigenvalue weighted by Crippen LogP contribution is -2.47. The molecule has 0 spiro atoms. The van der Waals surface area contributed by atoms with E-state index in [1.165, 1.54) is 0 Å². The van der Waals surface area contributed by atoms with Crippen LogP contribution in [0.15, 0.2) is 0 Å². The zero-order valence-corrected chi connectivity index (χ0v) is 19.0. The minimum atomic E-state index is -4.70. The van der Waals surface area contributed by atoms with Crippen molar-refractivity contribution in [1.82, 2.24) is 0 Å². The van der Waals surface area contributed by atoms with Gasteiger partial charge in [0.05, 0.1) is 11.7 Å². The molecule has 0 aliphatic carbocycles. The van der Waals surface area contributed by atoms with E-state index in [1.807, 2.05) is 0 Å². The molecule has 4 unspecified atom stereocenters. The van der Waals surface area contributed by atoms with E-state index >= 15 is 0 Å². The highest BCUT2D eigenvalue weighted by Crippen LogP contribution is 2.50. The van der Waals surface area contributed by atoms with Gasteiger partial charge in [0.15, 0.2) is 0 Å². The van der Waals surface area contributed by atoms with Gasteiger partial charge < -0.3 is 14.9 Å². The highest BCUT2D eigenvalue weighted by molar-refractivity contribution is 9.12. The van der Waals surface area contributed by atoms with Gasteiger partial charge in [0.1, 0.15) is 0 Å². The molecule has 4 atom stereocenters. The van der Waals surface area contributed by atoms with Gasteiger partial charge in [-0.15, -0.1) is 0 Å². The van der Waals surface area contributed by atoms with Gasteiger partial charge >= 0.3 is 7.82 Å². The van der Waals surface area contributed by atoms with Crippen molar-refractivity contribution < 1.29 is 24.0 Å². The zero-order valence-electron chi connectivity index (χ0n) is 11.8. The predicted molar refractivity (Wildman–Crippen MR) is 99.0 cm³/mol. The SMILES string of the molecule is CC(O)C(C)C(CC(Br)CBr)(CC(Br)CBr)OP(=O)(O)O. The van der Waals surface area contributed by atoms with Crippen molar-refractivity contribution in [3.63, 3.8) is 0 Å². The second-order valence-electron chi connectivity index (χ2n) is 5.09. The summed E-state index contributed by atoms with van der Waals surface area (Å²) in [4.78, 5) is 18.5. The van der Waals surface area contributed by atoms with Crippen LogP contribution in [0.2, 0.25) is 0 Å². The molecule has 0 bridgehead atoms. The maximum atomic E-state index is 11.5. The molecule has 0 aliphatic rings. The molecular formula is C11H21Br4O5P. The van der Waals surface area contributed by atoms with E-state index in [0.717, 1.165) is 0 Å². The van der Waals surface area contributed by atoms with Gasteiger partial charge in [-0.3, -0.25) is 4.52 Å². The van der Waals surface area contributed by atoms with E-state index in [-0.39, 0.29) is 9.65 Å². The van der Waals surface area contributed by atoms with Crippen LogP contribution in [0.1, 0.15) is 26.7 Å². The topological polar surface area (TPSA) is 87.0 Å². The quantitative estimate of drug-likeness (QED) is 0.268. The fraction of sp³-hybridized carbons (Fsp3) is 1.00. The van der Waals surface area contributed by atoms with Crippen LogP contribution < -0.4 is 0 Å². The molecule has 0 fully saturated rings. The average molecular weight is 584 g/mol. The molecule has 0 aromatic carbocycles. The Bertz CT molecular complexity index is 340. The van der Waals surface area contributed by atoms with E-state index < -0.39 is 25.4 Å². The van der Waals surface area contributed by atoms with Crippen molar-refractivity contribution in [3.05, 3.63) is 0 Å². The van der Waals surface area contributed by atoms with E-state index in [9.17, 15) is 19.5 Å². The Labute approximate surface area is 159 Å². The van der Waals surface area contributed by atoms with E-state index in [1.54, 1.807) is 13.8 Å². The van der Waals surface area contributed by atoms with Crippen LogP contribution in [0.4, 0.5) is 0 Å². The van der Waals surface area contributed by atoms with E-state index in [4.69, 9.17) is 4.52 Å². The Hall–Kier alpha value is 1.99. The fourth-order valence-corrected chi connectivity index (χ4v) is 4.49. The molecule has 10 heteroatoms. The van der Waals surface area contributed by atoms with Crippen molar-refractivity contribution in [1.29, 1.82) is 0 Å². The summed E-state index contributed by atoms with van der Waals surface area (Å²) in [6.07, 6.45) is -0.0590. The van der Waals surface area contributed by atoms with Crippen molar-refractivity contribution in [2.75, 3.05) is 10.7 Å². The number of hydrogen-bond donors (Lipinski definition) is 3. The fourth-order valence-electron chi connectivity index (χ4n) is 2.15. The summed E-state index contributed by atoms with van der Waals surface area (Å²) in [6, 6.07) is 0. The second-order valence-corrected chi connectivity index (χ2v) is 10.1. The number of phosphoric ester groups is 1. The molecule has 3 N–H and O–H groups in total. The molecule has 0 saturated heterocycles. The van der Waals surface area contributed by atoms with Gasteiger partial charge in [0.2, 0.25) is 0 Å². The molecule has 21 heavy (non-hydrogen) atoms. The average Bonchev–Trinajstić information content (AvgIpc) is 2.34. The van der Waals surface area contributed by atoms with Crippen molar-refractivity contribution in [2.24, 2.45) is 5.92 Å². The first kappa shape index (κ1) is 23.0. The highest BCUT2D eigenvalue weighted by Gasteiger charge is 2.46. The monoisotopic (exact) mass is 580 g/mol. The summed E-state index contributed by atoms with van der Waals surface area (Å²) < 4.78 is 16.6. The van der Waals surface area contributed by atoms with Gasteiger partial charge in [-0.25, -0.2) is 4.57 Å². The van der Waals surface area contributed by atoms with Gasteiger partial charge in [0.25, 0.3) is 0 Å². The van der Waals surface area contributed by atoms with Crippen molar-refractivity contribution in [3.8, 4) is 0 Å². The Kier molecular flexibility index (Phi) is 11.0. The summed E-state index contributed by atoms with van der Waals surface area (Å²) in [5.74, 6) is -0.455. The van der Waals surface area contributed by atoms with Crippen molar-refractivity contribution in [2.45, 2.75) is 48.0 Å². The summed E-state index contributed by atoms with van der Waals surface area (Å²) >= 11 is 13.6. The first-order valence-electron chi connectivity index (χ1n) is 6.32. The van der Waals surface area contributed by atoms with Gasteiger partial charge in [0, 0.05) is 26.2 Å². The summed E-state index contributed by atoms with van der Waals surface area (Å²) in [7, 11) is -4.70. The molecular weight excluding hydrogens is 563 g/mol. The lowest BCUT2D eigenvalue weighted by atomic mass is 9.78. The molecule has 5 nitrogen and oxygen atoms in total. The van der Waals surface area contributed by atoms with Gasteiger partial charge in [-0.1, -0.05) is 70.6 Å². The van der Waals surface area contributed by atoms with Crippen LogP contribution >= 0.6 is 71.5 Å². The third kappa shape index (κ3) is 8.59. The predicted octanol–water partition coefficient (Wildman–Crippen LogP) is 3.95. The van der Waals surface area contributed by atoms with E-state index in [2.05, 4.69) is 63.7 Å². The van der Waals surface area contributed by atoms with Crippen molar-refractivity contribution >= 4 is 71.5 Å². The lowest BCUT2D eigenvalue weighted by molar-refractivity contribution is -0.0627. The Balaban J connectivity index is 5.62. The van der Waals surface area contributed by atoms with Crippen LogP contribution in [0.5, 0.6) is 0 Å². The number of rotatable bonds is 10. The van der Waals surface area contributed by atoms with Crippen LogP contribution in [0.3, 0.4) is 0 Å². The molecule has 0 radical (unpaired) electrons. The first-order chi connectivity index (χ1) is 9.47. The molecule has 0 aliphatic heterocycles. The molecule has 0 heterocycles. The Morgan fingerprint density at radius 2 is 1.48 bits per heavy atom. The second kappa shape index (κ2) is 10.1. The molecule has 0 aromatic rings. The lowest BCUT2D eigenvalue weighted by Gasteiger charge is -2.42. The molecule has 0 amide bonds. The number of phosphoric acid groups is 1. The zero-order chi connectivity index (χ0) is 16.8. The normalized spacial score (nSPS) is 21.4. The Morgan fingerprint density at radius 3 is 1.71 bits per heavy atom. The summed E-state index contributed by atoms with van der Waals surface area (Å²) in [6.45, 7) is 3.33. The minimum Gasteiger partial charge on any atom is -0.393 e. The Morgan fingerprint density at radius 1 is 1.10 bits per heavy atom. The standard InChI is InChI=1S/C11H21Br4O5P/c1-7(8(2)16)11(3-9(14)5-12,4-10(15)6-13)20-21(17,18)19/h7-10,16H,3-6H2,1-2H3,(H2,17,18,19). The maximum Gasteiger partial charge on any atom is 0.470 e. The summed E-state index contributed by atoms with van der Waals surface area (Å²) in [5.41, 5.74) is -1.16. The maximum absolute atomic E-state index is 11.5. The van der Waals surface area contributed by atoms with Crippen LogP contribution in [0, 0.1) is 5.92 Å². The van der Waals surface area contributed by atoms with Crippen LogP contribution in [-0.2, 0) is 9.09 Å². The molecule has 0 rings (SSSR count). The number of hydrogen-bond acceptors (Lipinski definition) is 3. The molecule has 128 valence electrons. The third-order valence-electron chi connectivity index (χ3n) is 3.32. The third-order valence-corrected chi connectivity index (χ3v) is 8.52.